The fourth-order valence-electron chi connectivity index (χ4n) is 4.32. The van der Waals surface area contributed by atoms with Crippen LogP contribution in [0.15, 0.2) is 41.3 Å². The summed E-state index contributed by atoms with van der Waals surface area (Å²) in [7, 11) is -3.66. The molecule has 0 spiro atoms. The highest BCUT2D eigenvalue weighted by molar-refractivity contribution is 7.89. The summed E-state index contributed by atoms with van der Waals surface area (Å²) in [6.45, 7) is 6.95. The van der Waals surface area contributed by atoms with Crippen molar-refractivity contribution < 1.29 is 27.5 Å². The number of ether oxygens (including phenoxy) is 1. The number of benzene rings is 2. The Kier molecular flexibility index (Phi) is 7.89. The second-order valence-electron chi connectivity index (χ2n) is 8.70. The Balaban J connectivity index is 1.54. The van der Waals surface area contributed by atoms with Crippen molar-refractivity contribution in [3.8, 4) is 0 Å². The second kappa shape index (κ2) is 10.5. The first kappa shape index (κ1) is 25.6. The van der Waals surface area contributed by atoms with Crippen LogP contribution in [0.2, 0.25) is 0 Å². The summed E-state index contributed by atoms with van der Waals surface area (Å²) in [6, 6.07) is 10.0. The van der Waals surface area contributed by atoms with Gasteiger partial charge >= 0.3 is 5.97 Å². The third-order valence-electron chi connectivity index (χ3n) is 5.86. The Bertz CT molecular complexity index is 1170. The van der Waals surface area contributed by atoms with Gasteiger partial charge in [0.05, 0.1) is 10.8 Å². The molecule has 0 aromatic heterocycles. The van der Waals surface area contributed by atoms with Crippen LogP contribution in [0, 0.1) is 26.7 Å². The number of ketones is 1. The molecule has 1 N–H and O–H groups in total. The molecule has 8 nitrogen and oxygen atoms in total. The van der Waals surface area contributed by atoms with E-state index in [4.69, 9.17) is 4.74 Å². The first-order valence-electron chi connectivity index (χ1n) is 11.1. The van der Waals surface area contributed by atoms with Crippen molar-refractivity contribution >= 4 is 33.4 Å². The average Bonchev–Trinajstić information content (AvgIpc) is 2.76. The zero-order chi connectivity index (χ0) is 25.0. The number of esters is 1. The fourth-order valence-corrected chi connectivity index (χ4v) is 6.20. The van der Waals surface area contributed by atoms with E-state index in [0.29, 0.717) is 40.1 Å². The van der Waals surface area contributed by atoms with Crippen LogP contribution in [0.25, 0.3) is 0 Å². The number of nitrogens with zero attached hydrogens (tertiary/aromatic N) is 1. The molecule has 0 aliphatic carbocycles. The number of Topliss-reactive ketones (excluding diaryl/α,β-unsaturated/α-hetero) is 1. The van der Waals surface area contributed by atoms with Crippen molar-refractivity contribution in [3.63, 3.8) is 0 Å². The van der Waals surface area contributed by atoms with Crippen molar-refractivity contribution in [2.75, 3.05) is 25.0 Å². The molecule has 0 bridgehead atoms. The Morgan fingerprint density at radius 1 is 1.00 bits per heavy atom. The molecule has 0 radical (unpaired) electrons. The van der Waals surface area contributed by atoms with Crippen LogP contribution in [-0.4, -0.2) is 50.1 Å². The number of sulfonamides is 1. The van der Waals surface area contributed by atoms with E-state index in [1.165, 1.54) is 11.2 Å². The maximum atomic E-state index is 13.2. The monoisotopic (exact) mass is 486 g/mol. The number of carbonyl (C=O) groups excluding carboxylic acids is 3. The van der Waals surface area contributed by atoms with Gasteiger partial charge in [-0.05, 0) is 69.0 Å². The normalized spacial score (nSPS) is 15.1. The molecule has 34 heavy (non-hydrogen) atoms. The van der Waals surface area contributed by atoms with Crippen molar-refractivity contribution in [2.24, 2.45) is 5.92 Å². The van der Waals surface area contributed by atoms with Crippen LogP contribution < -0.4 is 5.32 Å². The quantitative estimate of drug-likeness (QED) is 0.475. The number of rotatable bonds is 7. The van der Waals surface area contributed by atoms with Gasteiger partial charge in [-0.3, -0.25) is 14.4 Å². The first-order chi connectivity index (χ1) is 16.0. The molecule has 1 aliphatic rings. The van der Waals surface area contributed by atoms with E-state index >= 15 is 0 Å². The van der Waals surface area contributed by atoms with Gasteiger partial charge in [-0.1, -0.05) is 17.7 Å². The van der Waals surface area contributed by atoms with E-state index < -0.39 is 28.5 Å². The molecular weight excluding hydrogens is 456 g/mol. The van der Waals surface area contributed by atoms with E-state index in [0.717, 1.165) is 5.56 Å². The molecule has 1 saturated heterocycles. The van der Waals surface area contributed by atoms with Gasteiger partial charge < -0.3 is 10.1 Å². The topological polar surface area (TPSA) is 110 Å². The molecular formula is C25H30N2O6S. The molecule has 0 saturated carbocycles. The van der Waals surface area contributed by atoms with Gasteiger partial charge in [0.1, 0.15) is 0 Å². The zero-order valence-corrected chi connectivity index (χ0v) is 20.7. The second-order valence-corrected chi connectivity index (χ2v) is 10.6. The van der Waals surface area contributed by atoms with E-state index in [2.05, 4.69) is 5.32 Å². The predicted octanol–water partition coefficient (Wildman–Crippen LogP) is 3.40. The van der Waals surface area contributed by atoms with E-state index in [9.17, 15) is 22.8 Å². The summed E-state index contributed by atoms with van der Waals surface area (Å²) < 4.78 is 33.1. The SMILES string of the molecule is CC(=O)Nc1ccc(C(=O)COC(=O)C2CCN(S(=O)(=O)c3c(C)cc(C)cc3C)CC2)cc1. The van der Waals surface area contributed by atoms with Crippen LogP contribution >= 0.6 is 0 Å². The molecule has 2 aromatic carbocycles. The minimum atomic E-state index is -3.66. The Morgan fingerprint density at radius 2 is 1.56 bits per heavy atom. The lowest BCUT2D eigenvalue weighted by Gasteiger charge is -2.31. The smallest absolute Gasteiger partial charge is 0.309 e. The molecule has 1 amide bonds. The van der Waals surface area contributed by atoms with Crippen LogP contribution in [-0.2, 0) is 24.3 Å². The highest BCUT2D eigenvalue weighted by Crippen LogP contribution is 2.29. The minimum Gasteiger partial charge on any atom is -0.457 e. The maximum absolute atomic E-state index is 13.2. The van der Waals surface area contributed by atoms with E-state index in [1.54, 1.807) is 38.1 Å². The number of nitrogens with one attached hydrogen (secondary N) is 1. The van der Waals surface area contributed by atoms with Crippen LogP contribution in [0.1, 0.15) is 46.8 Å². The summed E-state index contributed by atoms with van der Waals surface area (Å²) in [5, 5.41) is 2.61. The lowest BCUT2D eigenvalue weighted by molar-refractivity contribution is -0.148. The van der Waals surface area contributed by atoms with Crippen LogP contribution in [0.3, 0.4) is 0 Å². The number of hydrogen-bond donors (Lipinski definition) is 1. The van der Waals surface area contributed by atoms with Gasteiger partial charge in [0.2, 0.25) is 15.9 Å². The average molecular weight is 487 g/mol. The van der Waals surface area contributed by atoms with Crippen molar-refractivity contribution in [2.45, 2.75) is 45.4 Å². The molecule has 2 aromatic rings. The molecule has 1 heterocycles. The van der Waals surface area contributed by atoms with Crippen molar-refractivity contribution in [1.29, 1.82) is 0 Å². The predicted molar refractivity (Wildman–Crippen MR) is 128 cm³/mol. The maximum Gasteiger partial charge on any atom is 0.309 e. The highest BCUT2D eigenvalue weighted by Gasteiger charge is 2.34. The largest absolute Gasteiger partial charge is 0.457 e. The lowest BCUT2D eigenvalue weighted by Crippen LogP contribution is -2.41. The van der Waals surface area contributed by atoms with Gasteiger partial charge in [0, 0.05) is 31.3 Å². The van der Waals surface area contributed by atoms with E-state index in [1.807, 2.05) is 19.1 Å². The molecule has 0 atom stereocenters. The number of aryl methyl sites for hydroxylation is 3. The lowest BCUT2D eigenvalue weighted by atomic mass is 9.98. The Labute approximate surface area is 200 Å². The number of anilines is 1. The minimum absolute atomic E-state index is 0.212. The van der Waals surface area contributed by atoms with Crippen LogP contribution in [0.4, 0.5) is 5.69 Å². The van der Waals surface area contributed by atoms with Gasteiger partial charge in [-0.15, -0.1) is 0 Å². The van der Waals surface area contributed by atoms with Crippen molar-refractivity contribution in [1.82, 2.24) is 4.31 Å². The van der Waals surface area contributed by atoms with Gasteiger partial charge in [-0.2, -0.15) is 4.31 Å². The number of carbonyl (C=O) groups is 3. The van der Waals surface area contributed by atoms with E-state index in [-0.39, 0.29) is 24.8 Å². The summed E-state index contributed by atoms with van der Waals surface area (Å²) in [6.07, 6.45) is 0.670. The molecule has 3 rings (SSSR count). The molecule has 9 heteroatoms. The van der Waals surface area contributed by atoms with Crippen LogP contribution in [0.5, 0.6) is 0 Å². The summed E-state index contributed by atoms with van der Waals surface area (Å²) in [4.78, 5) is 36.2. The number of piperidine rings is 1. The molecule has 1 aliphatic heterocycles. The molecule has 182 valence electrons. The molecule has 0 unspecified atom stereocenters. The summed E-state index contributed by atoms with van der Waals surface area (Å²) in [5.41, 5.74) is 3.37. The number of amides is 1. The third-order valence-corrected chi connectivity index (χ3v) is 8.07. The Morgan fingerprint density at radius 3 is 2.09 bits per heavy atom. The third kappa shape index (κ3) is 5.90. The highest BCUT2D eigenvalue weighted by atomic mass is 32.2. The summed E-state index contributed by atoms with van der Waals surface area (Å²) in [5.74, 6) is -1.52. The van der Waals surface area contributed by atoms with Gasteiger partial charge in [0.15, 0.2) is 12.4 Å². The zero-order valence-electron chi connectivity index (χ0n) is 19.9. The standard InChI is InChI=1S/C25H30N2O6S/c1-16-13-17(2)24(18(3)14-16)34(31,32)27-11-9-21(10-12-27)25(30)33-15-23(29)20-5-7-22(8-6-20)26-19(4)28/h5-8,13-14,21H,9-12,15H2,1-4H3,(H,26,28). The summed E-state index contributed by atoms with van der Waals surface area (Å²) >= 11 is 0. The first-order valence-corrected chi connectivity index (χ1v) is 12.6. The number of hydrogen-bond acceptors (Lipinski definition) is 6. The Hall–Kier alpha value is -3.04. The van der Waals surface area contributed by atoms with Gasteiger partial charge in [0.25, 0.3) is 0 Å². The molecule has 1 fully saturated rings. The van der Waals surface area contributed by atoms with Gasteiger partial charge in [-0.25, -0.2) is 8.42 Å². The van der Waals surface area contributed by atoms with Crippen molar-refractivity contribution in [3.05, 3.63) is 58.7 Å². The fraction of sp³-hybridized carbons (Fsp3) is 0.400.